The van der Waals surface area contributed by atoms with Crippen LogP contribution in [0.5, 0.6) is 5.75 Å². The maximum absolute atomic E-state index is 13.6. The van der Waals surface area contributed by atoms with Gasteiger partial charge in [-0.1, -0.05) is 12.1 Å². The lowest BCUT2D eigenvalue weighted by Gasteiger charge is -2.21. The third-order valence-electron chi connectivity index (χ3n) is 4.05. The summed E-state index contributed by atoms with van der Waals surface area (Å²) in [5.41, 5.74) is 0.0284. The number of hydrazine groups is 1. The smallest absolute Gasteiger partial charge is 0.423 e. The molecule has 29 heavy (non-hydrogen) atoms. The minimum atomic E-state index is -4.85. The SMILES string of the molecule is COc1ccc(Cn2ncc(N[C@@H](C)COC(C)NN)c(C(F)(F)F)c2=O)cc1. The van der Waals surface area contributed by atoms with E-state index in [2.05, 4.69) is 15.8 Å². The molecule has 0 aliphatic carbocycles. The number of anilines is 1. The van der Waals surface area contributed by atoms with Crippen molar-refractivity contribution in [3.63, 3.8) is 0 Å². The minimum absolute atomic E-state index is 0.0671. The first-order valence-corrected chi connectivity index (χ1v) is 8.80. The molecule has 2 atom stereocenters. The summed E-state index contributed by atoms with van der Waals surface area (Å²) in [4.78, 5) is 12.5. The molecule has 0 aliphatic rings. The van der Waals surface area contributed by atoms with Crippen molar-refractivity contribution in [2.45, 2.75) is 38.8 Å². The van der Waals surface area contributed by atoms with E-state index in [1.54, 1.807) is 38.1 Å². The normalized spacial score (nSPS) is 13.8. The van der Waals surface area contributed by atoms with Crippen LogP contribution in [-0.4, -0.2) is 35.8 Å². The summed E-state index contributed by atoms with van der Waals surface area (Å²) in [5, 5.41) is 6.53. The Morgan fingerprint density at radius 3 is 2.45 bits per heavy atom. The van der Waals surface area contributed by atoms with Crippen LogP contribution in [0.4, 0.5) is 18.9 Å². The van der Waals surface area contributed by atoms with Crippen LogP contribution < -0.4 is 26.9 Å². The Hall–Kier alpha value is -2.63. The van der Waals surface area contributed by atoms with Gasteiger partial charge in [0.15, 0.2) is 0 Å². The molecule has 1 heterocycles. The van der Waals surface area contributed by atoms with E-state index >= 15 is 0 Å². The Kier molecular flexibility index (Phi) is 7.59. The number of hydrogen-bond donors (Lipinski definition) is 3. The number of nitrogens with two attached hydrogens (primary N) is 1. The van der Waals surface area contributed by atoms with Crippen molar-refractivity contribution in [2.75, 3.05) is 19.0 Å². The molecule has 160 valence electrons. The highest BCUT2D eigenvalue weighted by Crippen LogP contribution is 2.32. The molecule has 1 aromatic carbocycles. The number of rotatable bonds is 9. The topological polar surface area (TPSA) is 103 Å². The van der Waals surface area contributed by atoms with Gasteiger partial charge in [-0.25, -0.2) is 10.1 Å². The molecule has 0 aliphatic heterocycles. The number of nitrogens with zero attached hydrogens (tertiary/aromatic N) is 2. The van der Waals surface area contributed by atoms with E-state index in [4.69, 9.17) is 15.3 Å². The Labute approximate surface area is 165 Å². The second-order valence-electron chi connectivity index (χ2n) is 6.43. The summed E-state index contributed by atoms with van der Waals surface area (Å²) in [7, 11) is 1.50. The lowest BCUT2D eigenvalue weighted by molar-refractivity contribution is -0.138. The van der Waals surface area contributed by atoms with Gasteiger partial charge in [0.1, 0.15) is 17.5 Å². The molecular weight excluding hydrogens is 391 g/mol. The van der Waals surface area contributed by atoms with Crippen LogP contribution in [0.2, 0.25) is 0 Å². The molecule has 1 aromatic heterocycles. The van der Waals surface area contributed by atoms with Crippen LogP contribution in [0, 0.1) is 0 Å². The number of halogens is 3. The van der Waals surface area contributed by atoms with E-state index in [9.17, 15) is 18.0 Å². The maximum atomic E-state index is 13.6. The second-order valence-corrected chi connectivity index (χ2v) is 6.43. The van der Waals surface area contributed by atoms with Crippen molar-refractivity contribution in [1.82, 2.24) is 15.2 Å². The summed E-state index contributed by atoms with van der Waals surface area (Å²) in [5.74, 6) is 5.80. The fourth-order valence-corrected chi connectivity index (χ4v) is 2.53. The molecule has 0 amide bonds. The molecule has 0 saturated heterocycles. The fraction of sp³-hybridized carbons (Fsp3) is 0.444. The average molecular weight is 415 g/mol. The number of ether oxygens (including phenoxy) is 2. The number of hydrogen-bond acceptors (Lipinski definition) is 7. The molecule has 2 rings (SSSR count). The van der Waals surface area contributed by atoms with Gasteiger partial charge >= 0.3 is 6.18 Å². The standard InChI is InChI=1S/C18H24F3N5O3/c1-11(10-29-12(2)25-22)24-15-8-23-26(17(27)16(15)18(19,20)21)9-13-4-6-14(28-3)7-5-13/h4-8,11-12,24-25H,9-10,22H2,1-3H3/t11-,12?/m0/s1. The quantitative estimate of drug-likeness (QED) is 0.327. The van der Waals surface area contributed by atoms with Gasteiger partial charge in [0.05, 0.1) is 32.1 Å². The highest BCUT2D eigenvalue weighted by atomic mass is 19.4. The monoisotopic (exact) mass is 415 g/mol. The second kappa shape index (κ2) is 9.72. The molecule has 0 spiro atoms. The molecule has 0 saturated carbocycles. The first kappa shape index (κ1) is 22.7. The summed E-state index contributed by atoms with van der Waals surface area (Å²) in [6, 6.07) is 6.09. The van der Waals surface area contributed by atoms with Crippen molar-refractivity contribution < 1.29 is 22.6 Å². The van der Waals surface area contributed by atoms with Crippen molar-refractivity contribution in [1.29, 1.82) is 0 Å². The van der Waals surface area contributed by atoms with Crippen molar-refractivity contribution in [3.05, 3.63) is 51.9 Å². The van der Waals surface area contributed by atoms with E-state index in [0.717, 1.165) is 10.9 Å². The molecule has 11 heteroatoms. The third-order valence-corrected chi connectivity index (χ3v) is 4.05. The van der Waals surface area contributed by atoms with Gasteiger partial charge in [-0.3, -0.25) is 10.6 Å². The lowest BCUT2D eigenvalue weighted by atomic mass is 10.2. The molecule has 0 radical (unpaired) electrons. The molecule has 0 fully saturated rings. The number of aromatic nitrogens is 2. The predicted molar refractivity (Wildman–Crippen MR) is 101 cm³/mol. The Morgan fingerprint density at radius 1 is 1.24 bits per heavy atom. The van der Waals surface area contributed by atoms with Crippen LogP contribution in [0.15, 0.2) is 35.3 Å². The van der Waals surface area contributed by atoms with Gasteiger partial charge in [0.2, 0.25) is 0 Å². The summed E-state index contributed by atoms with van der Waals surface area (Å²) < 4.78 is 51.9. The highest BCUT2D eigenvalue weighted by Gasteiger charge is 2.38. The van der Waals surface area contributed by atoms with Gasteiger partial charge in [-0.15, -0.1) is 0 Å². The van der Waals surface area contributed by atoms with Crippen molar-refractivity contribution >= 4 is 5.69 Å². The number of benzene rings is 1. The molecule has 2 aromatic rings. The van der Waals surface area contributed by atoms with Crippen LogP contribution >= 0.6 is 0 Å². The average Bonchev–Trinajstić information content (AvgIpc) is 2.67. The molecular formula is C18H24F3N5O3. The van der Waals surface area contributed by atoms with Crippen LogP contribution in [0.1, 0.15) is 25.0 Å². The molecule has 8 nitrogen and oxygen atoms in total. The summed E-state index contributed by atoms with van der Waals surface area (Å²) in [6.45, 7) is 3.23. The maximum Gasteiger partial charge on any atom is 0.423 e. The molecule has 4 N–H and O–H groups in total. The van der Waals surface area contributed by atoms with Crippen molar-refractivity contribution in [3.8, 4) is 5.75 Å². The first-order valence-electron chi connectivity index (χ1n) is 8.80. The summed E-state index contributed by atoms with van der Waals surface area (Å²) in [6.07, 6.45) is -4.33. The Morgan fingerprint density at radius 2 is 1.90 bits per heavy atom. The van der Waals surface area contributed by atoms with Gasteiger partial charge in [0.25, 0.3) is 5.56 Å². The van der Waals surface area contributed by atoms with E-state index < -0.39 is 35.3 Å². The third kappa shape index (κ3) is 6.17. The highest BCUT2D eigenvalue weighted by molar-refractivity contribution is 5.50. The fourth-order valence-electron chi connectivity index (χ4n) is 2.53. The van der Waals surface area contributed by atoms with Crippen LogP contribution in [0.25, 0.3) is 0 Å². The van der Waals surface area contributed by atoms with Gasteiger partial charge in [-0.05, 0) is 31.5 Å². The first-order chi connectivity index (χ1) is 13.7. The zero-order valence-electron chi connectivity index (χ0n) is 16.3. The van der Waals surface area contributed by atoms with Gasteiger partial charge in [0, 0.05) is 6.04 Å². The van der Waals surface area contributed by atoms with E-state index in [0.29, 0.717) is 11.3 Å². The summed E-state index contributed by atoms with van der Waals surface area (Å²) >= 11 is 0. The van der Waals surface area contributed by atoms with Gasteiger partial charge in [-0.2, -0.15) is 18.3 Å². The zero-order chi connectivity index (χ0) is 21.6. The number of nitrogens with one attached hydrogen (secondary N) is 2. The zero-order valence-corrected chi connectivity index (χ0v) is 16.3. The predicted octanol–water partition coefficient (Wildman–Crippen LogP) is 1.95. The van der Waals surface area contributed by atoms with E-state index in [1.165, 1.54) is 7.11 Å². The Bertz CT molecular complexity index is 855. The van der Waals surface area contributed by atoms with Crippen LogP contribution in [0.3, 0.4) is 0 Å². The minimum Gasteiger partial charge on any atom is -0.497 e. The van der Waals surface area contributed by atoms with Crippen LogP contribution in [-0.2, 0) is 17.5 Å². The molecule has 0 bridgehead atoms. The lowest BCUT2D eigenvalue weighted by Crippen LogP contribution is -2.38. The van der Waals surface area contributed by atoms with E-state index in [-0.39, 0.29) is 13.2 Å². The number of alkyl halides is 3. The van der Waals surface area contributed by atoms with E-state index in [1.807, 2.05) is 0 Å². The van der Waals surface area contributed by atoms with Gasteiger partial charge < -0.3 is 14.8 Å². The largest absolute Gasteiger partial charge is 0.497 e. The Balaban J connectivity index is 2.27. The van der Waals surface area contributed by atoms with Crippen molar-refractivity contribution in [2.24, 2.45) is 5.84 Å². The molecule has 1 unspecified atom stereocenters. The number of methoxy groups -OCH3 is 1.